The Morgan fingerprint density at radius 3 is 1.78 bits per heavy atom. The van der Waals surface area contributed by atoms with Crippen LogP contribution in [0, 0.1) is 0 Å². The fraction of sp³-hybridized carbons (Fsp3) is 0.429. The number of aromatic nitrogens is 4. The van der Waals surface area contributed by atoms with Crippen LogP contribution in [0.3, 0.4) is 0 Å². The Labute approximate surface area is 108 Å². The highest BCUT2D eigenvalue weighted by Gasteiger charge is 2.14. The highest BCUT2D eigenvalue weighted by molar-refractivity contribution is 5.25. The van der Waals surface area contributed by atoms with E-state index in [0.29, 0.717) is 5.92 Å². The molecule has 0 aliphatic carbocycles. The molecule has 0 amide bonds. The van der Waals surface area contributed by atoms with Crippen molar-refractivity contribution in [2.75, 3.05) is 0 Å². The van der Waals surface area contributed by atoms with E-state index in [9.17, 15) is 0 Å². The molecule has 0 saturated carbocycles. The minimum absolute atomic E-state index is 0.305. The first-order valence-corrected chi connectivity index (χ1v) is 6.41. The van der Waals surface area contributed by atoms with Gasteiger partial charge in [0.15, 0.2) is 0 Å². The van der Waals surface area contributed by atoms with Gasteiger partial charge in [-0.2, -0.15) is 0 Å². The van der Waals surface area contributed by atoms with E-state index in [4.69, 9.17) is 0 Å². The van der Waals surface area contributed by atoms with Gasteiger partial charge in [-0.1, -0.05) is 26.2 Å². The molecule has 4 nitrogen and oxygen atoms in total. The summed E-state index contributed by atoms with van der Waals surface area (Å²) >= 11 is 0. The molecule has 2 rings (SSSR count). The lowest BCUT2D eigenvalue weighted by Gasteiger charge is -2.16. The summed E-state index contributed by atoms with van der Waals surface area (Å²) in [7, 11) is 0. The quantitative estimate of drug-likeness (QED) is 0.731. The molecule has 2 aromatic rings. The normalized spacial score (nSPS) is 10.8. The maximum atomic E-state index is 4.11. The first-order chi connectivity index (χ1) is 8.92. The van der Waals surface area contributed by atoms with Gasteiger partial charge in [-0.3, -0.25) is 0 Å². The van der Waals surface area contributed by atoms with E-state index < -0.39 is 0 Å². The smallest absolute Gasteiger partial charge is 0.115 e. The number of unbranched alkanes of at least 4 members (excludes halogenated alkanes) is 2. The standard InChI is InChI=1S/C14H18N4/c1-2-3-4-5-14(12-6-15-10-16-7-12)13-8-17-11-18-9-13/h6-11,14H,2-5H2,1H3. The molecule has 0 radical (unpaired) electrons. The van der Waals surface area contributed by atoms with E-state index in [1.54, 1.807) is 12.7 Å². The molecular weight excluding hydrogens is 224 g/mol. The maximum absolute atomic E-state index is 4.11. The van der Waals surface area contributed by atoms with Crippen LogP contribution in [0.25, 0.3) is 0 Å². The second kappa shape index (κ2) is 6.79. The van der Waals surface area contributed by atoms with Gasteiger partial charge < -0.3 is 0 Å². The van der Waals surface area contributed by atoms with Crippen molar-refractivity contribution in [3.63, 3.8) is 0 Å². The summed E-state index contributed by atoms with van der Waals surface area (Å²) in [6.07, 6.45) is 15.4. The third-order valence-corrected chi connectivity index (χ3v) is 3.06. The Hall–Kier alpha value is -1.84. The third kappa shape index (κ3) is 3.32. The van der Waals surface area contributed by atoms with Crippen LogP contribution >= 0.6 is 0 Å². The number of hydrogen-bond acceptors (Lipinski definition) is 4. The molecule has 0 bridgehead atoms. The fourth-order valence-electron chi connectivity index (χ4n) is 2.11. The molecule has 0 spiro atoms. The molecule has 0 N–H and O–H groups in total. The van der Waals surface area contributed by atoms with Crippen LogP contribution in [0.2, 0.25) is 0 Å². The zero-order valence-corrected chi connectivity index (χ0v) is 10.7. The van der Waals surface area contributed by atoms with Crippen molar-refractivity contribution in [1.29, 1.82) is 0 Å². The van der Waals surface area contributed by atoms with E-state index in [1.165, 1.54) is 19.3 Å². The van der Waals surface area contributed by atoms with Gasteiger partial charge in [-0.15, -0.1) is 0 Å². The van der Waals surface area contributed by atoms with E-state index in [0.717, 1.165) is 17.5 Å². The third-order valence-electron chi connectivity index (χ3n) is 3.06. The second-order valence-electron chi connectivity index (χ2n) is 4.39. The molecule has 0 aliphatic heterocycles. The van der Waals surface area contributed by atoms with Crippen LogP contribution in [-0.4, -0.2) is 19.9 Å². The van der Waals surface area contributed by atoms with Crippen LogP contribution in [-0.2, 0) is 0 Å². The van der Waals surface area contributed by atoms with E-state index in [-0.39, 0.29) is 0 Å². The van der Waals surface area contributed by atoms with Crippen molar-refractivity contribution in [1.82, 2.24) is 19.9 Å². The lowest BCUT2D eigenvalue weighted by atomic mass is 9.90. The average Bonchev–Trinajstić information content (AvgIpc) is 2.46. The molecule has 2 aromatic heterocycles. The summed E-state index contributed by atoms with van der Waals surface area (Å²) in [6.45, 7) is 2.21. The van der Waals surface area contributed by atoms with Gasteiger partial charge in [-0.05, 0) is 17.5 Å². The Morgan fingerprint density at radius 2 is 1.33 bits per heavy atom. The molecule has 0 atom stereocenters. The molecule has 2 heterocycles. The monoisotopic (exact) mass is 242 g/mol. The molecule has 0 unspecified atom stereocenters. The van der Waals surface area contributed by atoms with Crippen molar-refractivity contribution in [3.8, 4) is 0 Å². The number of rotatable bonds is 6. The summed E-state index contributed by atoms with van der Waals surface area (Å²) in [6, 6.07) is 0. The summed E-state index contributed by atoms with van der Waals surface area (Å²) in [5.41, 5.74) is 2.28. The average molecular weight is 242 g/mol. The van der Waals surface area contributed by atoms with Crippen LogP contribution < -0.4 is 0 Å². The molecule has 0 saturated heterocycles. The highest BCUT2D eigenvalue weighted by atomic mass is 14.8. The van der Waals surface area contributed by atoms with Crippen LogP contribution in [0.5, 0.6) is 0 Å². The van der Waals surface area contributed by atoms with Gasteiger partial charge in [0.25, 0.3) is 0 Å². The molecule has 0 aromatic carbocycles. The Bertz CT molecular complexity index is 404. The van der Waals surface area contributed by atoms with Gasteiger partial charge in [0.2, 0.25) is 0 Å². The van der Waals surface area contributed by atoms with E-state index >= 15 is 0 Å². The Morgan fingerprint density at radius 1 is 0.833 bits per heavy atom. The molecular formula is C14H18N4. The minimum atomic E-state index is 0.305. The molecule has 94 valence electrons. The van der Waals surface area contributed by atoms with Crippen molar-refractivity contribution in [3.05, 3.63) is 48.6 Å². The second-order valence-corrected chi connectivity index (χ2v) is 4.39. The van der Waals surface area contributed by atoms with E-state index in [1.807, 2.05) is 24.8 Å². The lowest BCUT2D eigenvalue weighted by Crippen LogP contribution is -2.03. The van der Waals surface area contributed by atoms with Gasteiger partial charge >= 0.3 is 0 Å². The van der Waals surface area contributed by atoms with E-state index in [2.05, 4.69) is 26.9 Å². The number of hydrogen-bond donors (Lipinski definition) is 0. The van der Waals surface area contributed by atoms with Crippen molar-refractivity contribution in [2.45, 2.75) is 38.5 Å². The molecule has 18 heavy (non-hydrogen) atoms. The summed E-state index contributed by atoms with van der Waals surface area (Å²) in [4.78, 5) is 16.4. The fourth-order valence-corrected chi connectivity index (χ4v) is 2.11. The Kier molecular flexibility index (Phi) is 4.76. The maximum Gasteiger partial charge on any atom is 0.115 e. The number of nitrogens with zero attached hydrogens (tertiary/aromatic N) is 4. The van der Waals surface area contributed by atoms with Gasteiger partial charge in [0, 0.05) is 30.7 Å². The Balaban J connectivity index is 2.18. The van der Waals surface area contributed by atoms with Crippen molar-refractivity contribution < 1.29 is 0 Å². The van der Waals surface area contributed by atoms with Gasteiger partial charge in [-0.25, -0.2) is 19.9 Å². The topological polar surface area (TPSA) is 51.6 Å². The molecule has 0 aliphatic rings. The van der Waals surface area contributed by atoms with Crippen LogP contribution in [0.4, 0.5) is 0 Å². The zero-order chi connectivity index (χ0) is 12.6. The van der Waals surface area contributed by atoms with Crippen LogP contribution in [0.15, 0.2) is 37.4 Å². The first-order valence-electron chi connectivity index (χ1n) is 6.41. The summed E-state index contributed by atoms with van der Waals surface area (Å²) in [5, 5.41) is 0. The van der Waals surface area contributed by atoms with Crippen LogP contribution in [0.1, 0.15) is 49.7 Å². The van der Waals surface area contributed by atoms with Gasteiger partial charge in [0.05, 0.1) is 0 Å². The predicted octanol–water partition coefficient (Wildman–Crippen LogP) is 2.98. The predicted molar refractivity (Wildman–Crippen MR) is 70.0 cm³/mol. The zero-order valence-electron chi connectivity index (χ0n) is 10.7. The summed E-state index contributed by atoms with van der Waals surface area (Å²) < 4.78 is 0. The minimum Gasteiger partial charge on any atom is -0.245 e. The summed E-state index contributed by atoms with van der Waals surface area (Å²) in [5.74, 6) is 0.305. The first kappa shape index (κ1) is 12.6. The largest absolute Gasteiger partial charge is 0.245 e. The van der Waals surface area contributed by atoms with Crippen molar-refractivity contribution >= 4 is 0 Å². The SMILES string of the molecule is CCCCCC(c1cncnc1)c1cncnc1. The molecule has 0 fully saturated rings. The highest BCUT2D eigenvalue weighted by Crippen LogP contribution is 2.28. The molecule has 4 heteroatoms. The lowest BCUT2D eigenvalue weighted by molar-refractivity contribution is 0.613. The van der Waals surface area contributed by atoms with Gasteiger partial charge in [0.1, 0.15) is 12.7 Å². The van der Waals surface area contributed by atoms with Crippen molar-refractivity contribution in [2.24, 2.45) is 0 Å².